The molecule has 2 N–H and O–H groups in total. The average molecular weight is 353 g/mol. The van der Waals surface area contributed by atoms with Gasteiger partial charge in [-0.1, -0.05) is 12.1 Å². The van der Waals surface area contributed by atoms with Gasteiger partial charge >= 0.3 is 0 Å². The predicted octanol–water partition coefficient (Wildman–Crippen LogP) is 3.22. The number of carbonyl (C=O) groups excluding carboxylic acids is 1. The van der Waals surface area contributed by atoms with Gasteiger partial charge in [-0.3, -0.25) is 4.79 Å². The lowest BCUT2D eigenvalue weighted by Gasteiger charge is -2.28. The summed E-state index contributed by atoms with van der Waals surface area (Å²) in [6, 6.07) is 9.30. The van der Waals surface area contributed by atoms with Crippen LogP contribution in [0.5, 0.6) is 5.75 Å². The number of amides is 1. The highest BCUT2D eigenvalue weighted by Crippen LogP contribution is 2.32. The maximum Gasteiger partial charge on any atom is 0.220 e. The summed E-state index contributed by atoms with van der Waals surface area (Å²) in [5, 5.41) is 6.65. The fourth-order valence-electron chi connectivity index (χ4n) is 3.90. The first-order valence-electron chi connectivity index (χ1n) is 8.84. The molecule has 134 valence electrons. The molecule has 2 heterocycles. The van der Waals surface area contributed by atoms with Crippen LogP contribution >= 0.6 is 12.4 Å². The van der Waals surface area contributed by atoms with E-state index >= 15 is 0 Å². The Balaban J connectivity index is 0.00000208. The second-order valence-electron chi connectivity index (χ2n) is 7.23. The Hall–Kier alpha value is -1.26. The summed E-state index contributed by atoms with van der Waals surface area (Å²) in [6.07, 6.45) is 5.50. The third-order valence-corrected chi connectivity index (χ3v) is 4.96. The van der Waals surface area contributed by atoms with Crippen LogP contribution in [0.3, 0.4) is 0 Å². The number of nitrogens with one attached hydrogen (secondary N) is 2. The van der Waals surface area contributed by atoms with Crippen LogP contribution in [-0.2, 0) is 4.79 Å². The summed E-state index contributed by atoms with van der Waals surface area (Å²) in [6.45, 7) is 4.60. The molecule has 0 radical (unpaired) electrons. The number of halogens is 1. The van der Waals surface area contributed by atoms with Crippen molar-refractivity contribution >= 4 is 18.3 Å². The van der Waals surface area contributed by atoms with E-state index in [9.17, 15) is 4.79 Å². The Kier molecular flexibility index (Phi) is 6.93. The molecule has 0 spiro atoms. The minimum atomic E-state index is -0.0232. The molecular weight excluding hydrogens is 324 g/mol. The van der Waals surface area contributed by atoms with E-state index in [1.54, 1.807) is 0 Å². The molecule has 1 amide bonds. The number of ether oxygens (including phenoxy) is 1. The van der Waals surface area contributed by atoms with Gasteiger partial charge in [0, 0.05) is 18.5 Å². The lowest BCUT2D eigenvalue weighted by Crippen LogP contribution is -2.40. The van der Waals surface area contributed by atoms with E-state index in [2.05, 4.69) is 10.6 Å². The molecule has 3 atom stereocenters. The number of aryl methyl sites for hydroxylation is 1. The molecule has 3 rings (SSSR count). The van der Waals surface area contributed by atoms with Crippen LogP contribution in [0.1, 0.15) is 44.6 Å². The van der Waals surface area contributed by atoms with Gasteiger partial charge in [0.05, 0.1) is 6.54 Å². The monoisotopic (exact) mass is 352 g/mol. The minimum absolute atomic E-state index is 0. The second kappa shape index (κ2) is 8.72. The van der Waals surface area contributed by atoms with Crippen molar-refractivity contribution in [1.29, 1.82) is 0 Å². The molecule has 4 nitrogen and oxygen atoms in total. The van der Waals surface area contributed by atoms with Gasteiger partial charge in [-0.25, -0.2) is 0 Å². The largest absolute Gasteiger partial charge is 0.489 e. The number of rotatable bonds is 6. The predicted molar refractivity (Wildman–Crippen MR) is 98.8 cm³/mol. The number of carbonyl (C=O) groups is 1. The molecular formula is C19H29ClN2O2. The van der Waals surface area contributed by atoms with E-state index in [-0.39, 0.29) is 24.4 Å². The minimum Gasteiger partial charge on any atom is -0.489 e. The van der Waals surface area contributed by atoms with Crippen LogP contribution < -0.4 is 15.4 Å². The van der Waals surface area contributed by atoms with E-state index in [1.807, 2.05) is 38.1 Å². The van der Waals surface area contributed by atoms with Crippen molar-refractivity contribution in [1.82, 2.24) is 10.6 Å². The van der Waals surface area contributed by atoms with Crippen LogP contribution in [0, 0.1) is 12.8 Å². The Morgan fingerprint density at radius 2 is 2.04 bits per heavy atom. The molecule has 3 unspecified atom stereocenters. The smallest absolute Gasteiger partial charge is 0.220 e. The van der Waals surface area contributed by atoms with Crippen molar-refractivity contribution in [3.8, 4) is 5.75 Å². The van der Waals surface area contributed by atoms with Gasteiger partial charge in [0.25, 0.3) is 0 Å². The average Bonchev–Trinajstić information content (AvgIpc) is 2.84. The van der Waals surface area contributed by atoms with E-state index < -0.39 is 0 Å². The molecule has 2 aliphatic heterocycles. The van der Waals surface area contributed by atoms with Gasteiger partial charge in [0.1, 0.15) is 11.9 Å². The summed E-state index contributed by atoms with van der Waals surface area (Å²) in [4.78, 5) is 12.2. The van der Waals surface area contributed by atoms with Crippen LogP contribution in [0.2, 0.25) is 0 Å². The molecule has 1 aromatic carbocycles. The third-order valence-electron chi connectivity index (χ3n) is 4.96. The van der Waals surface area contributed by atoms with Gasteiger partial charge in [-0.2, -0.15) is 0 Å². The molecule has 2 saturated heterocycles. The lowest BCUT2D eigenvalue weighted by atomic mass is 9.89. The van der Waals surface area contributed by atoms with Crippen molar-refractivity contribution in [2.24, 2.45) is 5.92 Å². The number of piperidine rings is 1. The van der Waals surface area contributed by atoms with Crippen molar-refractivity contribution < 1.29 is 9.53 Å². The van der Waals surface area contributed by atoms with Gasteiger partial charge in [-0.15, -0.1) is 12.4 Å². The third kappa shape index (κ3) is 5.38. The highest BCUT2D eigenvalue weighted by molar-refractivity contribution is 5.85. The Morgan fingerprint density at radius 1 is 1.33 bits per heavy atom. The van der Waals surface area contributed by atoms with E-state index in [0.717, 1.165) is 18.6 Å². The van der Waals surface area contributed by atoms with Crippen molar-refractivity contribution in [3.63, 3.8) is 0 Å². The second-order valence-corrected chi connectivity index (χ2v) is 7.23. The van der Waals surface area contributed by atoms with Crippen LogP contribution in [0.25, 0.3) is 0 Å². The normalized spacial score (nSPS) is 26.3. The molecule has 0 saturated carbocycles. The number of fused-ring (bicyclic) bond motifs is 2. The first-order valence-corrected chi connectivity index (χ1v) is 8.84. The molecule has 1 aromatic rings. The lowest BCUT2D eigenvalue weighted by molar-refractivity contribution is -0.122. The molecule has 5 heteroatoms. The van der Waals surface area contributed by atoms with Gasteiger partial charge in [0.2, 0.25) is 5.91 Å². The number of benzene rings is 1. The number of hydrogen-bond acceptors (Lipinski definition) is 3. The van der Waals surface area contributed by atoms with E-state index in [1.165, 1.54) is 18.4 Å². The van der Waals surface area contributed by atoms with E-state index in [4.69, 9.17) is 4.74 Å². The summed E-state index contributed by atoms with van der Waals surface area (Å²) in [7, 11) is 0. The zero-order valence-corrected chi connectivity index (χ0v) is 15.4. The highest BCUT2D eigenvalue weighted by Gasteiger charge is 2.34. The quantitative estimate of drug-likeness (QED) is 0.826. The Morgan fingerprint density at radius 3 is 2.71 bits per heavy atom. The Bertz CT molecular complexity index is 540. The van der Waals surface area contributed by atoms with Crippen molar-refractivity contribution in [2.45, 2.75) is 64.1 Å². The zero-order chi connectivity index (χ0) is 16.2. The van der Waals surface area contributed by atoms with Gasteiger partial charge in [-0.05, 0) is 63.1 Å². The highest BCUT2D eigenvalue weighted by atomic mass is 35.5. The molecule has 0 aliphatic carbocycles. The van der Waals surface area contributed by atoms with Gasteiger partial charge in [0.15, 0.2) is 0 Å². The number of hydrogen-bond donors (Lipinski definition) is 2. The fraction of sp³-hybridized carbons (Fsp3) is 0.632. The molecule has 2 fully saturated rings. The molecule has 2 aliphatic rings. The fourth-order valence-corrected chi connectivity index (χ4v) is 3.90. The first kappa shape index (κ1) is 19.1. The SMILES string of the molecule is Cc1cccc(OC(C)CNC(=O)CC2CC3CCC(C2)N3)c1.Cl. The summed E-state index contributed by atoms with van der Waals surface area (Å²) in [5.41, 5.74) is 1.18. The van der Waals surface area contributed by atoms with Crippen LogP contribution in [0.15, 0.2) is 24.3 Å². The Labute approximate surface area is 151 Å². The summed E-state index contributed by atoms with van der Waals surface area (Å²) >= 11 is 0. The summed E-state index contributed by atoms with van der Waals surface area (Å²) < 4.78 is 5.85. The topological polar surface area (TPSA) is 50.4 Å². The van der Waals surface area contributed by atoms with Gasteiger partial charge < -0.3 is 15.4 Å². The van der Waals surface area contributed by atoms with Crippen molar-refractivity contribution in [2.75, 3.05) is 6.54 Å². The molecule has 24 heavy (non-hydrogen) atoms. The van der Waals surface area contributed by atoms with Crippen LogP contribution in [0.4, 0.5) is 0 Å². The van der Waals surface area contributed by atoms with Crippen LogP contribution in [-0.4, -0.2) is 30.6 Å². The maximum absolute atomic E-state index is 12.2. The summed E-state index contributed by atoms with van der Waals surface area (Å²) in [5.74, 6) is 1.57. The van der Waals surface area contributed by atoms with Crippen molar-refractivity contribution in [3.05, 3.63) is 29.8 Å². The molecule has 2 bridgehead atoms. The zero-order valence-electron chi connectivity index (χ0n) is 14.6. The maximum atomic E-state index is 12.2. The van der Waals surface area contributed by atoms with E-state index in [0.29, 0.717) is 31.0 Å². The standard InChI is InChI=1S/C19H28N2O2.ClH/c1-13-4-3-5-18(8-13)23-14(2)12-20-19(22)11-15-9-16-6-7-17(10-15)21-16;/h3-5,8,14-17,21H,6-7,9-12H2,1-2H3,(H,20,22);1H. The molecule has 0 aromatic heterocycles. The first-order chi connectivity index (χ1) is 11.1.